The topological polar surface area (TPSA) is 284 Å². The zero-order valence-electron chi connectivity index (χ0n) is 29.1. The van der Waals surface area contributed by atoms with Gasteiger partial charge in [0, 0.05) is 19.3 Å². The van der Waals surface area contributed by atoms with Crippen molar-refractivity contribution in [1.82, 2.24) is 9.88 Å². The lowest BCUT2D eigenvalue weighted by Gasteiger charge is -2.18. The van der Waals surface area contributed by atoms with Gasteiger partial charge in [0.2, 0.25) is 12.1 Å². The summed E-state index contributed by atoms with van der Waals surface area (Å²) >= 11 is 0. The molecule has 5 atom stereocenters. The molecule has 298 valence electrons. The van der Waals surface area contributed by atoms with Crippen LogP contribution >= 0.6 is 23.5 Å². The van der Waals surface area contributed by atoms with Crippen LogP contribution in [0.4, 0.5) is 5.82 Å². The van der Waals surface area contributed by atoms with Crippen LogP contribution < -0.4 is 5.32 Å². The second kappa shape index (κ2) is 19.8. The predicted molar refractivity (Wildman–Crippen MR) is 193 cm³/mol. The molecule has 19 nitrogen and oxygen atoms in total. The van der Waals surface area contributed by atoms with Gasteiger partial charge < -0.3 is 44.8 Å². The molecule has 3 unspecified atom stereocenters. The van der Waals surface area contributed by atoms with Crippen molar-refractivity contribution in [3.8, 4) is 11.8 Å². The number of phosphoric acid groups is 3. The Balaban J connectivity index is 1.19. The number of nitro groups is 1. The largest absolute Gasteiger partial charge is 0.490 e. The van der Waals surface area contributed by atoms with E-state index in [1.807, 2.05) is 60.7 Å². The summed E-state index contributed by atoms with van der Waals surface area (Å²) in [6.45, 7) is -1.000. The van der Waals surface area contributed by atoms with Gasteiger partial charge in [-0.3, -0.25) is 14.1 Å². The zero-order chi connectivity index (χ0) is 40.2. The number of nitrogens with one attached hydrogen (secondary N) is 1. The summed E-state index contributed by atoms with van der Waals surface area (Å²) in [7, 11) is -16.9. The van der Waals surface area contributed by atoms with Crippen LogP contribution in [-0.4, -0.2) is 71.2 Å². The molecule has 0 saturated carbocycles. The molecule has 22 heteroatoms. The van der Waals surface area contributed by atoms with E-state index in [9.17, 15) is 48.3 Å². The number of aromatic nitrogens is 1. The van der Waals surface area contributed by atoms with Crippen LogP contribution in [0.5, 0.6) is 0 Å². The van der Waals surface area contributed by atoms with Crippen molar-refractivity contribution in [3.05, 3.63) is 99.7 Å². The highest BCUT2D eigenvalue weighted by atomic mass is 31.3. The van der Waals surface area contributed by atoms with Crippen molar-refractivity contribution < 1.29 is 70.8 Å². The van der Waals surface area contributed by atoms with E-state index in [-0.39, 0.29) is 42.6 Å². The van der Waals surface area contributed by atoms with Crippen molar-refractivity contribution in [2.45, 2.75) is 69.3 Å². The molecule has 1 amide bonds. The Morgan fingerprint density at radius 2 is 1.53 bits per heavy atom. The normalized spacial score (nSPS) is 19.2. The Labute approximate surface area is 315 Å². The molecule has 0 radical (unpaired) electrons. The van der Waals surface area contributed by atoms with Gasteiger partial charge in [-0.1, -0.05) is 85.3 Å². The van der Waals surface area contributed by atoms with Gasteiger partial charge in [-0.15, -0.1) is 0 Å². The Hall–Kier alpha value is -3.85. The number of hydrogen-bond acceptors (Lipinski definition) is 12. The van der Waals surface area contributed by atoms with E-state index >= 15 is 0 Å². The van der Waals surface area contributed by atoms with Crippen LogP contribution in [-0.2, 0) is 41.2 Å². The summed E-state index contributed by atoms with van der Waals surface area (Å²) in [5.74, 6) is 4.51. The number of ether oxygens (including phenoxy) is 1. The molecule has 2 aromatic carbocycles. The van der Waals surface area contributed by atoms with Crippen molar-refractivity contribution in [3.63, 3.8) is 0 Å². The lowest BCUT2D eigenvalue weighted by Crippen LogP contribution is -2.26. The van der Waals surface area contributed by atoms with Crippen molar-refractivity contribution in [1.29, 1.82) is 0 Å². The minimum atomic E-state index is -5.76. The Morgan fingerprint density at radius 3 is 2.11 bits per heavy atom. The number of carbonyl (C=O) groups is 2. The number of amides is 1. The average molecular weight is 828 g/mol. The van der Waals surface area contributed by atoms with E-state index in [0.717, 1.165) is 34.6 Å². The first kappa shape index (κ1) is 43.9. The number of aliphatic hydroxyl groups is 1. The Morgan fingerprint density at radius 1 is 0.927 bits per heavy atom. The second-order valence-corrected chi connectivity index (χ2v) is 16.7. The summed E-state index contributed by atoms with van der Waals surface area (Å²) in [6.07, 6.45) is 0.491. The third-order valence-corrected chi connectivity index (χ3v) is 11.9. The third-order valence-electron chi connectivity index (χ3n) is 8.12. The summed E-state index contributed by atoms with van der Waals surface area (Å²) in [4.78, 5) is 72.7. The van der Waals surface area contributed by atoms with Crippen LogP contribution in [0.25, 0.3) is 0 Å². The molecule has 2 heterocycles. The molecule has 1 fully saturated rings. The average Bonchev–Trinajstić information content (AvgIpc) is 3.70. The summed E-state index contributed by atoms with van der Waals surface area (Å²) < 4.78 is 52.6. The molecule has 3 aromatic rings. The molecule has 1 aliphatic rings. The second-order valence-electron chi connectivity index (χ2n) is 12.3. The first-order valence-electron chi connectivity index (χ1n) is 16.8. The van der Waals surface area contributed by atoms with Crippen LogP contribution in [0.2, 0.25) is 0 Å². The number of nitrogens with zero attached hydrogens (tertiary/aromatic N) is 2. The Kier molecular flexibility index (Phi) is 15.8. The van der Waals surface area contributed by atoms with Crippen molar-refractivity contribution >= 4 is 41.0 Å². The van der Waals surface area contributed by atoms with E-state index in [2.05, 4.69) is 30.3 Å². The molecule has 0 aliphatic carbocycles. The number of aliphatic hydroxyl groups excluding tert-OH is 1. The van der Waals surface area contributed by atoms with Gasteiger partial charge in [-0.05, 0) is 28.9 Å². The fourth-order valence-electron chi connectivity index (χ4n) is 5.73. The maximum absolute atomic E-state index is 13.2. The number of phosphoric ester groups is 1. The van der Waals surface area contributed by atoms with Crippen LogP contribution in [0, 0.1) is 22.0 Å². The monoisotopic (exact) mass is 827 g/mol. The lowest BCUT2D eigenvalue weighted by molar-refractivity contribution is -0.393. The van der Waals surface area contributed by atoms with Gasteiger partial charge in [-0.2, -0.15) is 8.62 Å². The number of benzene rings is 2. The van der Waals surface area contributed by atoms with Gasteiger partial charge in [0.1, 0.15) is 18.1 Å². The molecular weight excluding hydrogens is 787 g/mol. The van der Waals surface area contributed by atoms with Gasteiger partial charge in [-0.25, -0.2) is 18.3 Å². The molecule has 0 bridgehead atoms. The van der Waals surface area contributed by atoms with Crippen molar-refractivity contribution in [2.75, 3.05) is 13.2 Å². The van der Waals surface area contributed by atoms with Crippen LogP contribution in [0.15, 0.2) is 72.9 Å². The molecule has 1 aromatic heterocycles. The van der Waals surface area contributed by atoms with E-state index < -0.39 is 59.3 Å². The minimum Gasteiger partial charge on any atom is -0.390 e. The number of carbonyl (C=O) groups excluding carboxylic acids is 2. The van der Waals surface area contributed by atoms with Crippen molar-refractivity contribution in [2.24, 2.45) is 0 Å². The third kappa shape index (κ3) is 14.3. The van der Waals surface area contributed by atoms with E-state index in [4.69, 9.17) is 14.5 Å². The van der Waals surface area contributed by atoms with Gasteiger partial charge in [0.15, 0.2) is 0 Å². The number of rotatable bonds is 20. The lowest BCUT2D eigenvalue weighted by atomic mass is 9.85. The van der Waals surface area contributed by atoms with Gasteiger partial charge in [0.05, 0.1) is 36.8 Å². The zero-order valence-corrected chi connectivity index (χ0v) is 31.7. The molecule has 4 rings (SSSR count). The van der Waals surface area contributed by atoms with Gasteiger partial charge >= 0.3 is 29.3 Å². The number of unbranched alkanes of at least 4 members (excludes halogenated alkanes) is 3. The van der Waals surface area contributed by atoms with E-state index in [1.54, 1.807) is 0 Å². The first-order chi connectivity index (χ1) is 25.9. The summed E-state index contributed by atoms with van der Waals surface area (Å²) in [5, 5.41) is 24.8. The van der Waals surface area contributed by atoms with E-state index in [0.29, 0.717) is 19.3 Å². The SMILES string of the molecule is O=C(CCCCCCC(=O)C(c1ccccc1)c1ccccc1)NCC#Cc1cc([N+](=O)[O-])n([C@H]2CC(O)[C@@H](COP(=O)(O)OP(=O)(O)OP(=O)(O)O)O2)c1. The quantitative estimate of drug-likeness (QED) is 0.0298. The molecule has 55 heavy (non-hydrogen) atoms. The fourth-order valence-corrected chi connectivity index (χ4v) is 8.76. The smallest absolute Gasteiger partial charge is 0.390 e. The molecule has 1 aliphatic heterocycles. The number of ketones is 1. The molecular formula is C33H40N3O16P3. The Bertz CT molecular complexity index is 1960. The number of Topliss-reactive ketones (excluding diaryl/α,β-unsaturated/α-hetero) is 1. The standard InChI is InChI=1S/C33H40N3O16P3/c37-27(33(25-13-5-3-6-14-25)26-15-7-4-8-16-26)17-9-1-2-10-18-30(39)34-19-11-12-24-20-31(36(40)41)35(22-24)32-21-28(38)29(50-32)23-49-54(45,46)52-55(47,48)51-53(42,43)44/h3-8,13-16,20,22,28-29,32-33,38H,1-2,9-10,17-19,21,23H2,(H,34,39)(H,45,46)(H,47,48)(H2,42,43,44)/t28?,29-,32-/m1/s1. The van der Waals surface area contributed by atoms with E-state index in [1.165, 1.54) is 6.20 Å². The maximum Gasteiger partial charge on any atom is 0.490 e. The molecule has 6 N–H and O–H groups in total. The molecule has 1 saturated heterocycles. The first-order valence-corrected chi connectivity index (χ1v) is 21.3. The number of hydrogen-bond donors (Lipinski definition) is 6. The summed E-state index contributed by atoms with van der Waals surface area (Å²) in [6, 6.07) is 20.4. The van der Waals surface area contributed by atoms with Crippen LogP contribution in [0.3, 0.4) is 0 Å². The van der Waals surface area contributed by atoms with Crippen LogP contribution in [0.1, 0.15) is 73.8 Å². The fraction of sp³-hybridized carbons (Fsp3) is 0.394. The summed E-state index contributed by atoms with van der Waals surface area (Å²) in [5.41, 5.74) is 2.07. The molecule has 0 spiro atoms. The maximum atomic E-state index is 13.2. The highest BCUT2D eigenvalue weighted by Crippen LogP contribution is 2.66. The van der Waals surface area contributed by atoms with Gasteiger partial charge in [0.25, 0.3) is 0 Å². The highest BCUT2D eigenvalue weighted by molar-refractivity contribution is 7.66. The predicted octanol–water partition coefficient (Wildman–Crippen LogP) is 4.60. The minimum absolute atomic E-state index is 0.0476. The highest BCUT2D eigenvalue weighted by Gasteiger charge is 2.44.